The summed E-state index contributed by atoms with van der Waals surface area (Å²) in [6.45, 7) is 11.5. The van der Waals surface area contributed by atoms with Crippen LogP contribution in [0, 0.1) is 12.7 Å². The monoisotopic (exact) mass is 460 g/mol. The Morgan fingerprint density at radius 3 is 2.47 bits per heavy atom. The second-order valence-corrected chi connectivity index (χ2v) is 9.75. The summed E-state index contributed by atoms with van der Waals surface area (Å²) in [7, 11) is 0. The first-order valence-electron chi connectivity index (χ1n) is 12.3. The van der Waals surface area contributed by atoms with Crippen LogP contribution in [0.4, 0.5) is 9.18 Å². The third-order valence-electron chi connectivity index (χ3n) is 7.14. The van der Waals surface area contributed by atoms with E-state index >= 15 is 0 Å². The highest BCUT2D eigenvalue weighted by atomic mass is 19.1. The Morgan fingerprint density at radius 1 is 1.00 bits per heavy atom. The molecule has 1 saturated heterocycles. The first-order valence-corrected chi connectivity index (χ1v) is 12.3. The van der Waals surface area contributed by atoms with Gasteiger partial charge in [-0.05, 0) is 68.7 Å². The molecule has 0 N–H and O–H groups in total. The van der Waals surface area contributed by atoms with Gasteiger partial charge in [-0.15, -0.1) is 0 Å². The Balaban J connectivity index is 1.32. The molecule has 0 saturated carbocycles. The molecule has 2 aliphatic heterocycles. The lowest BCUT2D eigenvalue weighted by Gasteiger charge is -2.28. The van der Waals surface area contributed by atoms with Gasteiger partial charge in [-0.25, -0.2) is 9.18 Å². The van der Waals surface area contributed by atoms with Crippen LogP contribution in [0.25, 0.3) is 22.2 Å². The van der Waals surface area contributed by atoms with Crippen LogP contribution in [-0.4, -0.2) is 70.6 Å². The maximum atomic E-state index is 13.5. The number of carbonyl (C=O) groups is 1. The second kappa shape index (κ2) is 9.26. The number of aryl methyl sites for hydroxylation is 1. The zero-order valence-electron chi connectivity index (χ0n) is 20.3. The molecule has 1 aromatic heterocycles. The SMILES string of the molecule is Cc1ccc2c(C3=CCN(CCN4CCN(C(C)C)C4=O)CC3)cn(-c3ccc(F)cc3)c2c1. The molecule has 2 amide bonds. The van der Waals surface area contributed by atoms with E-state index in [9.17, 15) is 9.18 Å². The van der Waals surface area contributed by atoms with E-state index in [0.717, 1.165) is 56.9 Å². The summed E-state index contributed by atoms with van der Waals surface area (Å²) in [5.41, 5.74) is 5.92. The number of carbonyl (C=O) groups excluding carboxylic acids is 1. The minimum absolute atomic E-state index is 0.173. The van der Waals surface area contributed by atoms with E-state index in [-0.39, 0.29) is 17.9 Å². The fourth-order valence-corrected chi connectivity index (χ4v) is 5.12. The average Bonchev–Trinajstić information content (AvgIpc) is 3.39. The van der Waals surface area contributed by atoms with Gasteiger partial charge in [0, 0.05) is 68.1 Å². The van der Waals surface area contributed by atoms with Crippen LogP contribution in [0.2, 0.25) is 0 Å². The molecule has 3 heterocycles. The van der Waals surface area contributed by atoms with Gasteiger partial charge in [-0.2, -0.15) is 0 Å². The minimum Gasteiger partial charge on any atom is -0.322 e. The van der Waals surface area contributed by atoms with Gasteiger partial charge in [0.2, 0.25) is 0 Å². The molecule has 2 aliphatic rings. The molecule has 1 fully saturated rings. The zero-order chi connectivity index (χ0) is 23.8. The van der Waals surface area contributed by atoms with Crippen LogP contribution >= 0.6 is 0 Å². The molecular formula is C28H33FN4O. The van der Waals surface area contributed by atoms with Crippen LogP contribution in [0.5, 0.6) is 0 Å². The van der Waals surface area contributed by atoms with Crippen LogP contribution < -0.4 is 0 Å². The summed E-state index contributed by atoms with van der Waals surface area (Å²) in [5.74, 6) is -0.223. The average molecular weight is 461 g/mol. The predicted octanol–water partition coefficient (Wildman–Crippen LogP) is 5.31. The normalized spacial score (nSPS) is 17.3. The molecule has 0 radical (unpaired) electrons. The molecule has 5 nitrogen and oxygen atoms in total. The zero-order valence-corrected chi connectivity index (χ0v) is 20.3. The van der Waals surface area contributed by atoms with E-state index in [1.54, 1.807) is 0 Å². The van der Waals surface area contributed by atoms with Crippen molar-refractivity contribution in [1.29, 1.82) is 0 Å². The Labute approximate surface area is 201 Å². The molecule has 3 aromatic rings. The van der Waals surface area contributed by atoms with Gasteiger partial charge < -0.3 is 14.4 Å². The summed E-state index contributed by atoms with van der Waals surface area (Å²) in [4.78, 5) is 18.9. The van der Waals surface area contributed by atoms with E-state index in [0.29, 0.717) is 0 Å². The molecule has 0 atom stereocenters. The van der Waals surface area contributed by atoms with Crippen LogP contribution in [0.1, 0.15) is 31.4 Å². The van der Waals surface area contributed by atoms with Crippen molar-refractivity contribution in [2.75, 3.05) is 39.3 Å². The largest absolute Gasteiger partial charge is 0.322 e. The van der Waals surface area contributed by atoms with Gasteiger partial charge >= 0.3 is 6.03 Å². The van der Waals surface area contributed by atoms with Crippen molar-refractivity contribution >= 4 is 22.5 Å². The van der Waals surface area contributed by atoms with E-state index in [4.69, 9.17) is 0 Å². The van der Waals surface area contributed by atoms with E-state index in [1.807, 2.05) is 21.9 Å². The molecule has 0 spiro atoms. The lowest BCUT2D eigenvalue weighted by Crippen LogP contribution is -2.40. The van der Waals surface area contributed by atoms with Gasteiger partial charge in [-0.3, -0.25) is 4.90 Å². The van der Waals surface area contributed by atoms with E-state index < -0.39 is 0 Å². The summed E-state index contributed by atoms with van der Waals surface area (Å²) < 4.78 is 15.7. The van der Waals surface area contributed by atoms with E-state index in [2.05, 4.69) is 60.7 Å². The maximum Gasteiger partial charge on any atom is 0.320 e. The van der Waals surface area contributed by atoms with Crippen molar-refractivity contribution in [3.05, 3.63) is 71.7 Å². The summed E-state index contributed by atoms with van der Waals surface area (Å²) >= 11 is 0. The molecule has 0 unspecified atom stereocenters. The van der Waals surface area contributed by atoms with Crippen molar-refractivity contribution in [3.8, 4) is 5.69 Å². The Kier molecular flexibility index (Phi) is 6.17. The molecule has 178 valence electrons. The fraction of sp³-hybridized carbons (Fsp3) is 0.393. The quantitative estimate of drug-likeness (QED) is 0.499. The molecule has 5 rings (SSSR count). The molecule has 0 aliphatic carbocycles. The first kappa shape index (κ1) is 22.7. The number of fused-ring (bicyclic) bond motifs is 1. The highest BCUT2D eigenvalue weighted by Gasteiger charge is 2.30. The number of rotatable bonds is 6. The summed E-state index contributed by atoms with van der Waals surface area (Å²) in [6, 6.07) is 13.7. The summed E-state index contributed by atoms with van der Waals surface area (Å²) in [6.07, 6.45) is 5.50. The van der Waals surface area contributed by atoms with Crippen molar-refractivity contribution in [2.24, 2.45) is 0 Å². The van der Waals surface area contributed by atoms with Crippen LogP contribution in [-0.2, 0) is 0 Å². The maximum absolute atomic E-state index is 13.5. The number of hydrogen-bond acceptors (Lipinski definition) is 2. The number of aromatic nitrogens is 1. The molecule has 0 bridgehead atoms. The number of amides is 2. The molecule has 6 heteroatoms. The van der Waals surface area contributed by atoms with Crippen molar-refractivity contribution in [2.45, 2.75) is 33.2 Å². The highest BCUT2D eigenvalue weighted by molar-refractivity contribution is 5.94. The third kappa shape index (κ3) is 4.34. The smallest absolute Gasteiger partial charge is 0.320 e. The minimum atomic E-state index is -0.223. The van der Waals surface area contributed by atoms with Crippen molar-refractivity contribution in [3.63, 3.8) is 0 Å². The number of benzene rings is 2. The Bertz CT molecular complexity index is 1230. The molecule has 34 heavy (non-hydrogen) atoms. The Hall–Kier alpha value is -3.12. The lowest BCUT2D eigenvalue weighted by atomic mass is 9.98. The topological polar surface area (TPSA) is 31.7 Å². The number of urea groups is 1. The predicted molar refractivity (Wildman–Crippen MR) is 136 cm³/mol. The number of nitrogens with zero attached hydrogens (tertiary/aromatic N) is 4. The van der Waals surface area contributed by atoms with Gasteiger partial charge in [-0.1, -0.05) is 18.2 Å². The van der Waals surface area contributed by atoms with E-state index in [1.165, 1.54) is 34.2 Å². The second-order valence-electron chi connectivity index (χ2n) is 9.75. The van der Waals surface area contributed by atoms with Gasteiger partial charge in [0.05, 0.1) is 5.52 Å². The van der Waals surface area contributed by atoms with Crippen LogP contribution in [0.15, 0.2) is 54.7 Å². The lowest BCUT2D eigenvalue weighted by molar-refractivity contribution is 0.176. The molecular weight excluding hydrogens is 427 g/mol. The first-order chi connectivity index (χ1) is 16.4. The summed E-state index contributed by atoms with van der Waals surface area (Å²) in [5, 5.41) is 1.23. The Morgan fingerprint density at radius 2 is 1.79 bits per heavy atom. The molecule has 2 aromatic carbocycles. The highest BCUT2D eigenvalue weighted by Crippen LogP contribution is 2.33. The van der Waals surface area contributed by atoms with Gasteiger partial charge in [0.25, 0.3) is 0 Å². The van der Waals surface area contributed by atoms with Crippen molar-refractivity contribution < 1.29 is 9.18 Å². The third-order valence-corrected chi connectivity index (χ3v) is 7.14. The van der Waals surface area contributed by atoms with Gasteiger partial charge in [0.1, 0.15) is 5.82 Å². The fourth-order valence-electron chi connectivity index (χ4n) is 5.12. The van der Waals surface area contributed by atoms with Crippen molar-refractivity contribution in [1.82, 2.24) is 19.3 Å². The number of halogens is 1. The van der Waals surface area contributed by atoms with Gasteiger partial charge in [0.15, 0.2) is 0 Å². The number of hydrogen-bond donors (Lipinski definition) is 0. The standard InChI is InChI=1S/C28H33FN4O/c1-20(2)32-17-16-31(28(32)34)15-14-30-12-10-22(11-13-30)26-19-33(24-7-5-23(29)6-8-24)27-18-21(3)4-9-25(26)27/h4-10,18-20H,11-17H2,1-3H3. The van der Waals surface area contributed by atoms with Crippen LogP contribution in [0.3, 0.4) is 0 Å².